The fourth-order valence-electron chi connectivity index (χ4n) is 1.55. The molecule has 0 aliphatic rings. The fraction of sp³-hybridized carbons (Fsp3) is 0.182. The van der Waals surface area contributed by atoms with Gasteiger partial charge in [0.1, 0.15) is 7.05 Å². The molecule has 0 radical (unpaired) electrons. The van der Waals surface area contributed by atoms with Crippen LogP contribution in [0.4, 0.5) is 5.69 Å². The minimum absolute atomic E-state index is 1.18. The first-order valence-corrected chi connectivity index (χ1v) is 4.37. The molecule has 0 saturated carbocycles. The molecule has 0 atom stereocenters. The van der Waals surface area contributed by atoms with Crippen molar-refractivity contribution in [3.63, 3.8) is 0 Å². The number of pyridine rings is 1. The summed E-state index contributed by atoms with van der Waals surface area (Å²) in [6.45, 7) is 0. The molecule has 0 fully saturated rings. The largest absolute Gasteiger partial charge is 0.388 e. The van der Waals surface area contributed by atoms with Crippen molar-refractivity contribution in [2.24, 2.45) is 7.05 Å². The second-order valence-electron chi connectivity index (χ2n) is 3.17. The minimum atomic E-state index is 1.18. The van der Waals surface area contributed by atoms with Crippen molar-refractivity contribution in [3.05, 3.63) is 36.7 Å². The van der Waals surface area contributed by atoms with E-state index in [1.165, 1.54) is 16.5 Å². The van der Waals surface area contributed by atoms with Crippen LogP contribution in [-0.4, -0.2) is 7.05 Å². The lowest BCUT2D eigenvalue weighted by Crippen LogP contribution is -2.25. The van der Waals surface area contributed by atoms with Gasteiger partial charge in [0.2, 0.25) is 0 Å². The van der Waals surface area contributed by atoms with E-state index in [1.54, 1.807) is 0 Å². The average molecular weight is 173 g/mol. The molecule has 1 N–H and O–H groups in total. The van der Waals surface area contributed by atoms with E-state index in [-0.39, 0.29) is 0 Å². The van der Waals surface area contributed by atoms with E-state index < -0.39 is 0 Å². The number of nitrogens with zero attached hydrogens (tertiary/aromatic N) is 1. The summed E-state index contributed by atoms with van der Waals surface area (Å²) in [4.78, 5) is 0. The standard InChI is InChI=1S/C11H13N2/c1-12-11-5-3-4-9-8-13(2)7-6-10(9)11/h3-8,12H,1-2H3/q+1. The van der Waals surface area contributed by atoms with Crippen molar-refractivity contribution >= 4 is 16.5 Å². The van der Waals surface area contributed by atoms with Crippen LogP contribution in [0.15, 0.2) is 36.7 Å². The van der Waals surface area contributed by atoms with E-state index in [4.69, 9.17) is 0 Å². The third kappa shape index (κ3) is 1.35. The number of fused-ring (bicyclic) bond motifs is 1. The van der Waals surface area contributed by atoms with Gasteiger partial charge in [0.15, 0.2) is 12.4 Å². The lowest BCUT2D eigenvalue weighted by atomic mass is 10.1. The van der Waals surface area contributed by atoms with Gasteiger partial charge in [-0.2, -0.15) is 0 Å². The SMILES string of the molecule is CNc1cccc2c[n+](C)ccc12. The summed E-state index contributed by atoms with van der Waals surface area (Å²) >= 11 is 0. The molecule has 0 saturated heterocycles. The van der Waals surface area contributed by atoms with Crippen LogP contribution in [0.1, 0.15) is 0 Å². The molecule has 1 heterocycles. The lowest BCUT2D eigenvalue weighted by Gasteiger charge is -2.03. The Kier molecular flexibility index (Phi) is 1.89. The Morgan fingerprint density at radius 2 is 2.08 bits per heavy atom. The first-order valence-electron chi connectivity index (χ1n) is 4.37. The molecule has 0 unspecified atom stereocenters. The van der Waals surface area contributed by atoms with Crippen LogP contribution >= 0.6 is 0 Å². The van der Waals surface area contributed by atoms with Crippen molar-refractivity contribution < 1.29 is 4.57 Å². The van der Waals surface area contributed by atoms with Crippen LogP contribution < -0.4 is 9.88 Å². The van der Waals surface area contributed by atoms with Crippen molar-refractivity contribution in [3.8, 4) is 0 Å². The smallest absolute Gasteiger partial charge is 0.176 e. The molecule has 0 amide bonds. The maximum atomic E-state index is 3.18. The maximum Gasteiger partial charge on any atom is 0.176 e. The summed E-state index contributed by atoms with van der Waals surface area (Å²) < 4.78 is 2.06. The van der Waals surface area contributed by atoms with E-state index in [0.29, 0.717) is 0 Å². The summed E-state index contributed by atoms with van der Waals surface area (Å²) in [6.07, 6.45) is 4.18. The van der Waals surface area contributed by atoms with Gasteiger partial charge in [-0.1, -0.05) is 6.07 Å². The molecule has 0 spiro atoms. The lowest BCUT2D eigenvalue weighted by molar-refractivity contribution is -0.670. The molecule has 0 aliphatic carbocycles. The van der Waals surface area contributed by atoms with Crippen molar-refractivity contribution in [2.75, 3.05) is 12.4 Å². The van der Waals surface area contributed by atoms with Gasteiger partial charge in [0.05, 0.1) is 0 Å². The minimum Gasteiger partial charge on any atom is -0.388 e. The maximum absolute atomic E-state index is 3.18. The van der Waals surface area contributed by atoms with Gasteiger partial charge < -0.3 is 5.32 Å². The number of nitrogens with one attached hydrogen (secondary N) is 1. The number of aryl methyl sites for hydroxylation is 1. The normalized spacial score (nSPS) is 10.3. The van der Waals surface area contributed by atoms with Crippen molar-refractivity contribution in [1.82, 2.24) is 0 Å². The van der Waals surface area contributed by atoms with Gasteiger partial charge in [-0.25, -0.2) is 4.57 Å². The Bertz CT molecular complexity index is 435. The summed E-state index contributed by atoms with van der Waals surface area (Å²) in [7, 11) is 3.98. The molecule has 2 heteroatoms. The van der Waals surface area contributed by atoms with Gasteiger partial charge in [-0.15, -0.1) is 0 Å². The zero-order valence-electron chi connectivity index (χ0n) is 7.91. The Morgan fingerprint density at radius 1 is 1.23 bits per heavy atom. The molecule has 2 aromatic rings. The number of benzene rings is 1. The molecule has 2 rings (SSSR count). The highest BCUT2D eigenvalue weighted by Gasteiger charge is 2.01. The van der Waals surface area contributed by atoms with E-state index >= 15 is 0 Å². The Labute approximate surface area is 77.8 Å². The van der Waals surface area contributed by atoms with Crippen LogP contribution in [0, 0.1) is 0 Å². The highest BCUT2D eigenvalue weighted by Crippen LogP contribution is 2.20. The summed E-state index contributed by atoms with van der Waals surface area (Å²) in [5, 5.41) is 5.71. The van der Waals surface area contributed by atoms with E-state index in [0.717, 1.165) is 0 Å². The van der Waals surface area contributed by atoms with Gasteiger partial charge in [0.25, 0.3) is 0 Å². The summed E-state index contributed by atoms with van der Waals surface area (Å²) in [5.74, 6) is 0. The number of hydrogen-bond donors (Lipinski definition) is 1. The quantitative estimate of drug-likeness (QED) is 0.649. The van der Waals surface area contributed by atoms with Crippen LogP contribution in [0.2, 0.25) is 0 Å². The molecular formula is C11H13N2+. The summed E-state index contributed by atoms with van der Waals surface area (Å²) in [5.41, 5.74) is 1.18. The van der Waals surface area contributed by atoms with Crippen molar-refractivity contribution in [2.45, 2.75) is 0 Å². The zero-order chi connectivity index (χ0) is 9.26. The van der Waals surface area contributed by atoms with Crippen LogP contribution in [-0.2, 0) is 7.05 Å². The fourth-order valence-corrected chi connectivity index (χ4v) is 1.55. The van der Waals surface area contributed by atoms with Crippen LogP contribution in [0.3, 0.4) is 0 Å². The first-order chi connectivity index (χ1) is 6.31. The third-order valence-corrected chi connectivity index (χ3v) is 2.23. The Hall–Kier alpha value is -1.57. The van der Waals surface area contributed by atoms with Crippen LogP contribution in [0.5, 0.6) is 0 Å². The monoisotopic (exact) mass is 173 g/mol. The topological polar surface area (TPSA) is 15.9 Å². The average Bonchev–Trinajstić information content (AvgIpc) is 2.16. The molecule has 13 heavy (non-hydrogen) atoms. The predicted octanol–water partition coefficient (Wildman–Crippen LogP) is 1.71. The predicted molar refractivity (Wildman–Crippen MR) is 54.7 cm³/mol. The van der Waals surface area contributed by atoms with Gasteiger partial charge in [-0.05, 0) is 12.1 Å². The molecule has 0 aliphatic heterocycles. The van der Waals surface area contributed by atoms with Crippen molar-refractivity contribution in [1.29, 1.82) is 0 Å². The van der Waals surface area contributed by atoms with Gasteiger partial charge >= 0.3 is 0 Å². The second-order valence-corrected chi connectivity index (χ2v) is 3.17. The third-order valence-electron chi connectivity index (χ3n) is 2.23. The number of rotatable bonds is 1. The Morgan fingerprint density at radius 3 is 2.85 bits per heavy atom. The van der Waals surface area contributed by atoms with E-state index in [9.17, 15) is 0 Å². The second kappa shape index (κ2) is 3.05. The number of aromatic nitrogens is 1. The van der Waals surface area contributed by atoms with Crippen LogP contribution in [0.25, 0.3) is 10.8 Å². The van der Waals surface area contributed by atoms with Gasteiger partial charge in [-0.3, -0.25) is 0 Å². The molecule has 66 valence electrons. The number of anilines is 1. The molecule has 0 bridgehead atoms. The highest BCUT2D eigenvalue weighted by atomic mass is 14.9. The first kappa shape index (κ1) is 8.05. The highest BCUT2D eigenvalue weighted by molar-refractivity contribution is 5.92. The molecule has 1 aromatic carbocycles. The molecular weight excluding hydrogens is 160 g/mol. The van der Waals surface area contributed by atoms with E-state index in [2.05, 4.69) is 46.5 Å². The van der Waals surface area contributed by atoms with E-state index in [1.807, 2.05) is 14.1 Å². The zero-order valence-corrected chi connectivity index (χ0v) is 7.91. The number of hydrogen-bond acceptors (Lipinski definition) is 1. The summed E-state index contributed by atoms with van der Waals surface area (Å²) in [6, 6.07) is 8.40. The van der Waals surface area contributed by atoms with Gasteiger partial charge in [0, 0.05) is 29.6 Å². The molecule has 1 aromatic heterocycles. The Balaban J connectivity index is 2.77. The molecule has 2 nitrogen and oxygen atoms in total.